The summed E-state index contributed by atoms with van der Waals surface area (Å²) in [6, 6.07) is 11.7. The molecule has 1 saturated heterocycles. The number of carbonyl (C=O) groups excluding carboxylic acids is 1. The van der Waals surface area contributed by atoms with Crippen LogP contribution in [-0.2, 0) is 14.8 Å². The summed E-state index contributed by atoms with van der Waals surface area (Å²) < 4.78 is 43.5. The van der Waals surface area contributed by atoms with Gasteiger partial charge in [-0.2, -0.15) is 4.31 Å². The predicted octanol–water partition coefficient (Wildman–Crippen LogP) is 2.75. The quantitative estimate of drug-likeness (QED) is 0.720. The zero-order valence-corrected chi connectivity index (χ0v) is 18.1. The highest BCUT2D eigenvalue weighted by Crippen LogP contribution is 2.33. The fourth-order valence-corrected chi connectivity index (χ4v) is 5.14. The molecule has 2 aromatic rings. The Bertz CT molecular complexity index is 1010. The molecule has 0 spiro atoms. The molecule has 1 N–H and O–H groups in total. The molecule has 1 atom stereocenters. The number of sulfonamides is 1. The highest BCUT2D eigenvalue weighted by Gasteiger charge is 2.35. The van der Waals surface area contributed by atoms with Gasteiger partial charge in [-0.3, -0.25) is 4.79 Å². The molecule has 0 aromatic heterocycles. The summed E-state index contributed by atoms with van der Waals surface area (Å²) >= 11 is 0. The van der Waals surface area contributed by atoms with Crippen molar-refractivity contribution < 1.29 is 27.4 Å². The van der Waals surface area contributed by atoms with Crippen LogP contribution in [0.25, 0.3) is 0 Å². The minimum Gasteiger partial charge on any atom is -0.497 e. The number of nitrogens with zero attached hydrogens (tertiary/aromatic N) is 1. The van der Waals surface area contributed by atoms with E-state index in [9.17, 15) is 13.2 Å². The second kappa shape index (κ2) is 9.36. The molecule has 1 fully saturated rings. The number of piperidine rings is 1. The molecular weight excluding hydrogens is 408 g/mol. The zero-order valence-electron chi connectivity index (χ0n) is 17.3. The minimum absolute atomic E-state index is 0.0261. The first-order valence-electron chi connectivity index (χ1n) is 9.56. The maximum atomic E-state index is 13.3. The van der Waals surface area contributed by atoms with Gasteiger partial charge in [-0.15, -0.1) is 0 Å². The summed E-state index contributed by atoms with van der Waals surface area (Å²) in [4.78, 5) is 12.8. The first-order valence-corrected chi connectivity index (χ1v) is 11.0. The topological polar surface area (TPSA) is 94.2 Å². The average molecular weight is 435 g/mol. The number of hydrogen-bond donors (Lipinski definition) is 1. The molecule has 1 aliphatic rings. The van der Waals surface area contributed by atoms with E-state index in [2.05, 4.69) is 5.32 Å². The van der Waals surface area contributed by atoms with Crippen molar-refractivity contribution in [2.45, 2.75) is 17.7 Å². The summed E-state index contributed by atoms with van der Waals surface area (Å²) in [6.07, 6.45) is 1.19. The molecule has 162 valence electrons. The Kier molecular flexibility index (Phi) is 6.84. The third kappa shape index (κ3) is 4.68. The van der Waals surface area contributed by atoms with Crippen molar-refractivity contribution in [2.75, 3.05) is 39.7 Å². The maximum absolute atomic E-state index is 13.3. The molecule has 0 aliphatic carbocycles. The number of methoxy groups -OCH3 is 3. The molecule has 3 rings (SSSR count). The van der Waals surface area contributed by atoms with E-state index in [-0.39, 0.29) is 23.1 Å². The second-order valence-corrected chi connectivity index (χ2v) is 8.85. The van der Waals surface area contributed by atoms with Crippen molar-refractivity contribution in [1.82, 2.24) is 4.31 Å². The number of carbonyl (C=O) groups is 1. The van der Waals surface area contributed by atoms with Gasteiger partial charge in [0.15, 0.2) is 0 Å². The van der Waals surface area contributed by atoms with E-state index in [1.807, 2.05) is 0 Å². The first kappa shape index (κ1) is 21.9. The molecule has 8 nitrogen and oxygen atoms in total. The van der Waals surface area contributed by atoms with Crippen molar-refractivity contribution in [3.8, 4) is 17.2 Å². The molecule has 1 heterocycles. The van der Waals surface area contributed by atoms with Crippen LogP contribution in [0.3, 0.4) is 0 Å². The third-order valence-electron chi connectivity index (χ3n) is 5.08. The van der Waals surface area contributed by atoms with E-state index < -0.39 is 15.9 Å². The van der Waals surface area contributed by atoms with Gasteiger partial charge in [0.1, 0.15) is 22.1 Å². The molecule has 30 heavy (non-hydrogen) atoms. The number of hydrogen-bond acceptors (Lipinski definition) is 6. The Balaban J connectivity index is 1.79. The number of ether oxygens (including phenoxy) is 3. The van der Waals surface area contributed by atoms with Crippen LogP contribution < -0.4 is 19.5 Å². The molecule has 0 unspecified atom stereocenters. The maximum Gasteiger partial charge on any atom is 0.246 e. The highest BCUT2D eigenvalue weighted by atomic mass is 32.2. The van der Waals surface area contributed by atoms with E-state index >= 15 is 0 Å². The number of amides is 1. The van der Waals surface area contributed by atoms with Crippen LogP contribution in [0.4, 0.5) is 5.69 Å². The lowest BCUT2D eigenvalue weighted by molar-refractivity contribution is -0.120. The summed E-state index contributed by atoms with van der Waals surface area (Å²) in [7, 11) is 0.583. The van der Waals surface area contributed by atoms with Crippen LogP contribution >= 0.6 is 0 Å². The Morgan fingerprint density at radius 2 is 1.77 bits per heavy atom. The van der Waals surface area contributed by atoms with E-state index in [1.54, 1.807) is 43.5 Å². The van der Waals surface area contributed by atoms with Gasteiger partial charge >= 0.3 is 0 Å². The lowest BCUT2D eigenvalue weighted by Crippen LogP contribution is -2.43. The lowest BCUT2D eigenvalue weighted by atomic mass is 9.98. The van der Waals surface area contributed by atoms with Crippen molar-refractivity contribution in [2.24, 2.45) is 5.92 Å². The third-order valence-corrected chi connectivity index (χ3v) is 6.97. The van der Waals surface area contributed by atoms with Gasteiger partial charge in [0.05, 0.1) is 27.2 Å². The fourth-order valence-electron chi connectivity index (χ4n) is 3.44. The van der Waals surface area contributed by atoms with Crippen LogP contribution in [0.1, 0.15) is 12.8 Å². The molecule has 0 saturated carbocycles. The Labute approximate surface area is 176 Å². The summed E-state index contributed by atoms with van der Waals surface area (Å²) in [5.74, 6) is 0.598. The number of anilines is 1. The van der Waals surface area contributed by atoms with Gasteiger partial charge in [0, 0.05) is 30.9 Å². The summed E-state index contributed by atoms with van der Waals surface area (Å²) in [6.45, 7) is 0.435. The van der Waals surface area contributed by atoms with Crippen LogP contribution in [0.2, 0.25) is 0 Å². The molecule has 1 aliphatic heterocycles. The van der Waals surface area contributed by atoms with Crippen LogP contribution in [0, 0.1) is 5.92 Å². The van der Waals surface area contributed by atoms with Crippen LogP contribution in [-0.4, -0.2) is 53.0 Å². The van der Waals surface area contributed by atoms with Crippen molar-refractivity contribution in [3.63, 3.8) is 0 Å². The number of rotatable bonds is 7. The van der Waals surface area contributed by atoms with Gasteiger partial charge in [-0.05, 0) is 37.1 Å². The van der Waals surface area contributed by atoms with E-state index in [0.29, 0.717) is 36.6 Å². The van der Waals surface area contributed by atoms with Gasteiger partial charge < -0.3 is 19.5 Å². The number of benzene rings is 2. The summed E-state index contributed by atoms with van der Waals surface area (Å²) in [5.41, 5.74) is 0.605. The second-order valence-electron chi connectivity index (χ2n) is 6.94. The normalized spacial score (nSPS) is 17.2. The lowest BCUT2D eigenvalue weighted by Gasteiger charge is -2.31. The molecule has 0 radical (unpaired) electrons. The minimum atomic E-state index is -3.86. The average Bonchev–Trinajstić information content (AvgIpc) is 2.78. The molecule has 2 aromatic carbocycles. The Morgan fingerprint density at radius 1 is 1.03 bits per heavy atom. The van der Waals surface area contributed by atoms with E-state index in [4.69, 9.17) is 14.2 Å². The molecule has 9 heteroatoms. The van der Waals surface area contributed by atoms with Gasteiger partial charge in [-0.25, -0.2) is 8.42 Å². The smallest absolute Gasteiger partial charge is 0.246 e. The van der Waals surface area contributed by atoms with Crippen LogP contribution in [0.5, 0.6) is 17.2 Å². The fraction of sp³-hybridized carbons (Fsp3) is 0.381. The van der Waals surface area contributed by atoms with Gasteiger partial charge in [0.25, 0.3) is 0 Å². The van der Waals surface area contributed by atoms with Gasteiger partial charge in [0.2, 0.25) is 15.9 Å². The molecule has 0 bridgehead atoms. The van der Waals surface area contributed by atoms with E-state index in [0.717, 1.165) is 0 Å². The predicted molar refractivity (Wildman–Crippen MR) is 113 cm³/mol. The van der Waals surface area contributed by atoms with E-state index in [1.165, 1.54) is 24.6 Å². The largest absolute Gasteiger partial charge is 0.497 e. The Morgan fingerprint density at radius 3 is 2.47 bits per heavy atom. The highest BCUT2D eigenvalue weighted by molar-refractivity contribution is 7.89. The van der Waals surface area contributed by atoms with Crippen LogP contribution in [0.15, 0.2) is 47.4 Å². The first-order chi connectivity index (χ1) is 14.4. The molecular formula is C21H26N2O6S. The number of nitrogens with one attached hydrogen (secondary N) is 1. The monoisotopic (exact) mass is 434 g/mol. The van der Waals surface area contributed by atoms with Crippen molar-refractivity contribution >= 4 is 21.6 Å². The SMILES string of the molecule is COc1cccc(NC(=O)[C@@H]2CCCN(S(=O)(=O)c3cc(OC)ccc3OC)C2)c1. The standard InChI is InChI=1S/C21H26N2O6S/c1-27-17-8-4-7-16(12-17)22-21(24)15-6-5-11-23(14-15)30(25,26)20-13-18(28-2)9-10-19(20)29-3/h4,7-10,12-13,15H,5-6,11,14H2,1-3H3,(H,22,24)/t15-/m1/s1. The zero-order chi connectivity index (χ0) is 21.7. The molecule has 1 amide bonds. The van der Waals surface area contributed by atoms with Gasteiger partial charge in [-0.1, -0.05) is 6.07 Å². The summed E-state index contributed by atoms with van der Waals surface area (Å²) in [5, 5.41) is 2.85. The van der Waals surface area contributed by atoms with Crippen molar-refractivity contribution in [1.29, 1.82) is 0 Å². The van der Waals surface area contributed by atoms with Crippen molar-refractivity contribution in [3.05, 3.63) is 42.5 Å². The Hall–Kier alpha value is -2.78.